The van der Waals surface area contributed by atoms with Crippen LogP contribution in [0, 0.1) is 0 Å². The Balaban J connectivity index is 4.19. The lowest BCUT2D eigenvalue weighted by atomic mass is 10.0. The summed E-state index contributed by atoms with van der Waals surface area (Å²) < 4.78 is 16.7. The predicted octanol–water partition coefficient (Wildman–Crippen LogP) is 15.3. The largest absolute Gasteiger partial charge is 0.462 e. The maximum absolute atomic E-state index is 12.6. The molecule has 0 bridgehead atoms. The van der Waals surface area contributed by atoms with E-state index in [1.807, 2.05) is 0 Å². The van der Waals surface area contributed by atoms with E-state index in [0.717, 1.165) is 57.8 Å². The molecule has 0 aliphatic rings. The Bertz CT molecular complexity index is 798. The van der Waals surface area contributed by atoms with E-state index in [4.69, 9.17) is 14.2 Å². The predicted molar refractivity (Wildman–Crippen MR) is 229 cm³/mol. The molecule has 0 saturated carbocycles. The number of esters is 3. The van der Waals surface area contributed by atoms with Gasteiger partial charge in [0.15, 0.2) is 6.10 Å². The Morgan fingerprint density at radius 1 is 0.296 bits per heavy atom. The highest BCUT2D eigenvalue weighted by molar-refractivity contribution is 5.71. The zero-order valence-corrected chi connectivity index (χ0v) is 36.5. The molecule has 0 saturated heterocycles. The summed E-state index contributed by atoms with van der Waals surface area (Å²) in [6, 6.07) is 0. The molecular formula is C48H92O6. The van der Waals surface area contributed by atoms with Crippen LogP contribution in [0.4, 0.5) is 0 Å². The molecule has 0 aliphatic heterocycles. The molecule has 6 heteroatoms. The first-order chi connectivity index (χ1) is 26.5. The van der Waals surface area contributed by atoms with E-state index in [1.165, 1.54) is 173 Å². The number of carbonyl (C=O) groups excluding carboxylic acids is 3. The van der Waals surface area contributed by atoms with Gasteiger partial charge in [0.1, 0.15) is 13.2 Å². The quantitative estimate of drug-likeness (QED) is 0.0349. The first-order valence-corrected chi connectivity index (χ1v) is 24.0. The third-order valence-electron chi connectivity index (χ3n) is 10.9. The number of carbonyl (C=O) groups is 3. The van der Waals surface area contributed by atoms with Crippen molar-refractivity contribution in [2.75, 3.05) is 13.2 Å². The summed E-state index contributed by atoms with van der Waals surface area (Å²) in [7, 11) is 0. The minimum atomic E-state index is -0.757. The van der Waals surface area contributed by atoms with Gasteiger partial charge in [-0.3, -0.25) is 14.4 Å². The molecule has 54 heavy (non-hydrogen) atoms. The highest BCUT2D eigenvalue weighted by Crippen LogP contribution is 2.16. The molecule has 1 atom stereocenters. The summed E-state index contributed by atoms with van der Waals surface area (Å²) in [5.41, 5.74) is 0. The maximum atomic E-state index is 12.6. The van der Waals surface area contributed by atoms with Crippen molar-refractivity contribution in [3.05, 3.63) is 0 Å². The number of unbranched alkanes of at least 4 members (excludes halogenated alkanes) is 33. The van der Waals surface area contributed by atoms with E-state index in [-0.39, 0.29) is 31.1 Å². The average Bonchev–Trinajstić information content (AvgIpc) is 3.17. The van der Waals surface area contributed by atoms with Crippen molar-refractivity contribution in [1.29, 1.82) is 0 Å². The lowest BCUT2D eigenvalue weighted by Crippen LogP contribution is -2.30. The number of hydrogen-bond acceptors (Lipinski definition) is 6. The molecule has 0 radical (unpaired) electrons. The van der Waals surface area contributed by atoms with Crippen LogP contribution in [0.5, 0.6) is 0 Å². The number of hydrogen-bond donors (Lipinski definition) is 0. The molecule has 0 rings (SSSR count). The average molecular weight is 765 g/mol. The molecule has 320 valence electrons. The normalized spacial score (nSPS) is 11.8. The van der Waals surface area contributed by atoms with Gasteiger partial charge in [-0.25, -0.2) is 0 Å². The molecule has 0 unspecified atom stereocenters. The molecule has 0 aromatic heterocycles. The van der Waals surface area contributed by atoms with Crippen LogP contribution in [0.1, 0.15) is 271 Å². The summed E-state index contributed by atoms with van der Waals surface area (Å²) in [6.45, 7) is 6.62. The van der Waals surface area contributed by atoms with E-state index in [9.17, 15) is 14.4 Å². The second kappa shape index (κ2) is 44.1. The fraction of sp³-hybridized carbons (Fsp3) is 0.938. The Morgan fingerprint density at radius 3 is 0.741 bits per heavy atom. The van der Waals surface area contributed by atoms with Crippen molar-refractivity contribution in [3.63, 3.8) is 0 Å². The fourth-order valence-electron chi connectivity index (χ4n) is 7.21. The van der Waals surface area contributed by atoms with Gasteiger partial charge >= 0.3 is 17.9 Å². The Morgan fingerprint density at radius 2 is 0.500 bits per heavy atom. The van der Waals surface area contributed by atoms with Crippen molar-refractivity contribution < 1.29 is 28.6 Å². The van der Waals surface area contributed by atoms with E-state index < -0.39 is 6.10 Å². The zero-order valence-electron chi connectivity index (χ0n) is 36.5. The lowest BCUT2D eigenvalue weighted by molar-refractivity contribution is -0.167. The molecule has 6 nitrogen and oxygen atoms in total. The van der Waals surface area contributed by atoms with Crippen molar-refractivity contribution in [2.24, 2.45) is 0 Å². The summed E-state index contributed by atoms with van der Waals surface area (Å²) in [5.74, 6) is -0.854. The second-order valence-electron chi connectivity index (χ2n) is 16.4. The van der Waals surface area contributed by atoms with Crippen LogP contribution in [-0.4, -0.2) is 37.2 Å². The third-order valence-corrected chi connectivity index (χ3v) is 10.9. The maximum Gasteiger partial charge on any atom is 0.306 e. The molecule has 0 fully saturated rings. The standard InChI is InChI=1S/C48H92O6/c1-4-7-10-13-16-18-20-22-23-24-26-28-30-33-35-38-41-47(50)53-44-45(54-48(51)42-39-36-31-15-12-9-6-3)43-52-46(49)40-37-34-32-29-27-25-21-19-17-14-11-8-5-2/h45H,4-44H2,1-3H3/t45-/m1/s1. The van der Waals surface area contributed by atoms with Gasteiger partial charge in [-0.15, -0.1) is 0 Å². The molecule has 0 spiro atoms. The molecule has 0 amide bonds. The van der Waals surface area contributed by atoms with Crippen LogP contribution < -0.4 is 0 Å². The van der Waals surface area contributed by atoms with E-state index >= 15 is 0 Å². The summed E-state index contributed by atoms with van der Waals surface area (Å²) in [5, 5.41) is 0. The molecule has 0 aromatic rings. The van der Waals surface area contributed by atoms with Crippen LogP contribution in [-0.2, 0) is 28.6 Å². The van der Waals surface area contributed by atoms with Crippen molar-refractivity contribution >= 4 is 17.9 Å². The van der Waals surface area contributed by atoms with Gasteiger partial charge < -0.3 is 14.2 Å². The topological polar surface area (TPSA) is 78.9 Å². The first-order valence-electron chi connectivity index (χ1n) is 24.0. The van der Waals surface area contributed by atoms with Crippen molar-refractivity contribution in [1.82, 2.24) is 0 Å². The smallest absolute Gasteiger partial charge is 0.306 e. The Hall–Kier alpha value is -1.59. The number of ether oxygens (including phenoxy) is 3. The number of rotatable bonds is 44. The first kappa shape index (κ1) is 52.4. The highest BCUT2D eigenvalue weighted by atomic mass is 16.6. The molecule has 0 aliphatic carbocycles. The van der Waals surface area contributed by atoms with Crippen molar-refractivity contribution in [2.45, 2.75) is 277 Å². The molecule has 0 aromatic carbocycles. The summed E-state index contributed by atoms with van der Waals surface area (Å²) in [4.78, 5) is 37.6. The lowest BCUT2D eigenvalue weighted by Gasteiger charge is -2.18. The van der Waals surface area contributed by atoms with Crippen LogP contribution in [0.15, 0.2) is 0 Å². The van der Waals surface area contributed by atoms with Gasteiger partial charge in [0.25, 0.3) is 0 Å². The van der Waals surface area contributed by atoms with Gasteiger partial charge in [-0.05, 0) is 19.3 Å². The van der Waals surface area contributed by atoms with Crippen molar-refractivity contribution in [3.8, 4) is 0 Å². The van der Waals surface area contributed by atoms with Crippen LogP contribution >= 0.6 is 0 Å². The van der Waals surface area contributed by atoms with Gasteiger partial charge in [0, 0.05) is 19.3 Å². The van der Waals surface area contributed by atoms with Gasteiger partial charge in [-0.2, -0.15) is 0 Å². The minimum Gasteiger partial charge on any atom is -0.462 e. The van der Waals surface area contributed by atoms with Crippen LogP contribution in [0.2, 0.25) is 0 Å². The van der Waals surface area contributed by atoms with Crippen LogP contribution in [0.25, 0.3) is 0 Å². The monoisotopic (exact) mass is 765 g/mol. The summed E-state index contributed by atoms with van der Waals surface area (Å²) in [6.07, 6.45) is 45.2. The second-order valence-corrected chi connectivity index (χ2v) is 16.4. The highest BCUT2D eigenvalue weighted by Gasteiger charge is 2.19. The minimum absolute atomic E-state index is 0.0630. The SMILES string of the molecule is CCCCCCCCCCCCCCCCCCC(=O)OC[C@@H](COC(=O)CCCCCCCCCCCCCCC)OC(=O)CCCCCCCCC. The molecule has 0 N–H and O–H groups in total. The Labute approximate surface area is 336 Å². The van der Waals surface area contributed by atoms with E-state index in [2.05, 4.69) is 20.8 Å². The molecular weight excluding hydrogens is 673 g/mol. The van der Waals surface area contributed by atoms with Gasteiger partial charge in [0.05, 0.1) is 0 Å². The molecule has 0 heterocycles. The van der Waals surface area contributed by atoms with E-state index in [1.54, 1.807) is 0 Å². The zero-order chi connectivity index (χ0) is 39.4. The summed E-state index contributed by atoms with van der Waals surface area (Å²) >= 11 is 0. The third kappa shape index (κ3) is 41.6. The van der Waals surface area contributed by atoms with Gasteiger partial charge in [-0.1, -0.05) is 233 Å². The Kier molecular flexibility index (Phi) is 42.8. The van der Waals surface area contributed by atoms with Crippen LogP contribution in [0.3, 0.4) is 0 Å². The van der Waals surface area contributed by atoms with E-state index in [0.29, 0.717) is 19.3 Å². The van der Waals surface area contributed by atoms with Gasteiger partial charge in [0.2, 0.25) is 0 Å². The fourth-order valence-corrected chi connectivity index (χ4v) is 7.21.